The number of aromatic nitrogens is 4. The molecule has 1 aliphatic carbocycles. The van der Waals surface area contributed by atoms with E-state index in [0.29, 0.717) is 57.1 Å². The molecule has 6 rings (SSSR count). The lowest BCUT2D eigenvalue weighted by Crippen LogP contribution is -2.43. The topological polar surface area (TPSA) is 124 Å². The van der Waals surface area contributed by atoms with E-state index in [4.69, 9.17) is 23.9 Å². The van der Waals surface area contributed by atoms with E-state index < -0.39 is 0 Å². The Hall–Kier alpha value is -3.77. The van der Waals surface area contributed by atoms with Crippen molar-refractivity contribution in [2.45, 2.75) is 37.8 Å². The van der Waals surface area contributed by atoms with Gasteiger partial charge in [-0.1, -0.05) is 0 Å². The molecule has 3 aromatic rings. The third-order valence-corrected chi connectivity index (χ3v) is 7.53. The second-order valence-corrected chi connectivity index (χ2v) is 10.2. The molecule has 40 heavy (non-hydrogen) atoms. The summed E-state index contributed by atoms with van der Waals surface area (Å²) in [5.41, 5.74) is 0.888. The van der Waals surface area contributed by atoms with E-state index in [1.54, 1.807) is 23.5 Å². The van der Waals surface area contributed by atoms with Gasteiger partial charge in [-0.15, -0.1) is 0 Å². The Morgan fingerprint density at radius 1 is 0.975 bits per heavy atom. The molecule has 3 aliphatic rings. The number of hydrogen-bond donors (Lipinski definition) is 1. The molecule has 0 atom stereocenters. The van der Waals surface area contributed by atoms with Gasteiger partial charge in [0, 0.05) is 44.5 Å². The quantitative estimate of drug-likeness (QED) is 0.445. The zero-order chi connectivity index (χ0) is 27.1. The molecule has 1 saturated carbocycles. The van der Waals surface area contributed by atoms with Gasteiger partial charge in [0.25, 0.3) is 5.91 Å². The van der Waals surface area contributed by atoms with E-state index in [0.717, 1.165) is 55.5 Å². The lowest BCUT2D eigenvalue weighted by atomic mass is 9.93. The molecule has 3 fully saturated rings. The number of rotatable bonds is 8. The number of carbonyl (C=O) groups is 1. The van der Waals surface area contributed by atoms with Crippen LogP contribution >= 0.6 is 0 Å². The van der Waals surface area contributed by atoms with Gasteiger partial charge in [-0.05, 0) is 37.8 Å². The van der Waals surface area contributed by atoms with Crippen LogP contribution in [0.25, 0.3) is 10.9 Å². The molecule has 0 radical (unpaired) electrons. The van der Waals surface area contributed by atoms with Gasteiger partial charge < -0.3 is 34.1 Å². The van der Waals surface area contributed by atoms with E-state index >= 15 is 0 Å². The number of carbonyl (C=O) groups excluding carboxylic acids is 1. The predicted molar refractivity (Wildman–Crippen MR) is 148 cm³/mol. The SMILES string of the molecule is O=C(COc1cnc(NC2CCC(Oc3nc(N4CCOCC4)cc4ncccc34)CC2)nc1)N1CCOCC1. The fraction of sp³-hybridized carbons (Fsp3) is 0.536. The first-order valence-electron chi connectivity index (χ1n) is 14.0. The summed E-state index contributed by atoms with van der Waals surface area (Å²) in [6.07, 6.45) is 8.74. The van der Waals surface area contributed by atoms with Crippen LogP contribution in [0.4, 0.5) is 11.8 Å². The summed E-state index contributed by atoms with van der Waals surface area (Å²) in [4.78, 5) is 34.5. The van der Waals surface area contributed by atoms with Crippen LogP contribution in [0, 0.1) is 0 Å². The Morgan fingerprint density at radius 3 is 2.45 bits per heavy atom. The second kappa shape index (κ2) is 12.6. The van der Waals surface area contributed by atoms with E-state index in [2.05, 4.69) is 25.2 Å². The summed E-state index contributed by atoms with van der Waals surface area (Å²) in [7, 11) is 0. The van der Waals surface area contributed by atoms with Gasteiger partial charge in [-0.3, -0.25) is 9.78 Å². The maximum absolute atomic E-state index is 12.3. The molecule has 2 aliphatic heterocycles. The first kappa shape index (κ1) is 26.5. The molecule has 1 N–H and O–H groups in total. The van der Waals surface area contributed by atoms with Gasteiger partial charge in [0.05, 0.1) is 49.7 Å². The zero-order valence-electron chi connectivity index (χ0n) is 22.5. The average molecular weight is 550 g/mol. The molecule has 0 spiro atoms. The van der Waals surface area contributed by atoms with Crippen molar-refractivity contribution in [3.8, 4) is 11.6 Å². The zero-order valence-corrected chi connectivity index (χ0v) is 22.5. The summed E-state index contributed by atoms with van der Waals surface area (Å²) in [5.74, 6) is 2.49. The maximum Gasteiger partial charge on any atom is 0.260 e. The highest BCUT2D eigenvalue weighted by Crippen LogP contribution is 2.31. The lowest BCUT2D eigenvalue weighted by molar-refractivity contribution is -0.137. The predicted octanol–water partition coefficient (Wildman–Crippen LogP) is 2.30. The molecular formula is C28H35N7O5. The van der Waals surface area contributed by atoms with Crippen LogP contribution in [-0.2, 0) is 14.3 Å². The molecule has 12 nitrogen and oxygen atoms in total. The average Bonchev–Trinajstić information content (AvgIpc) is 3.02. The fourth-order valence-corrected chi connectivity index (χ4v) is 5.26. The first-order chi connectivity index (χ1) is 19.7. The summed E-state index contributed by atoms with van der Waals surface area (Å²) in [6, 6.07) is 6.22. The van der Waals surface area contributed by atoms with Crippen molar-refractivity contribution in [3.05, 3.63) is 36.8 Å². The smallest absolute Gasteiger partial charge is 0.260 e. The van der Waals surface area contributed by atoms with Crippen molar-refractivity contribution >= 4 is 28.6 Å². The summed E-state index contributed by atoms with van der Waals surface area (Å²) < 4.78 is 22.9. The Balaban J connectivity index is 1.00. The molecule has 0 unspecified atom stereocenters. The molecule has 5 heterocycles. The van der Waals surface area contributed by atoms with Crippen LogP contribution in [-0.4, -0.2) is 102 Å². The Kier molecular flexibility index (Phi) is 8.33. The van der Waals surface area contributed by atoms with Crippen LogP contribution in [0.15, 0.2) is 36.8 Å². The highest BCUT2D eigenvalue weighted by atomic mass is 16.5. The number of hydrogen-bond acceptors (Lipinski definition) is 11. The molecule has 212 valence electrons. The van der Waals surface area contributed by atoms with Crippen molar-refractivity contribution in [1.29, 1.82) is 0 Å². The van der Waals surface area contributed by atoms with Crippen LogP contribution in [0.1, 0.15) is 25.7 Å². The van der Waals surface area contributed by atoms with Gasteiger partial charge in [-0.2, -0.15) is 4.98 Å². The minimum Gasteiger partial charge on any atom is -0.481 e. The molecule has 0 aromatic carbocycles. The minimum atomic E-state index is -0.0586. The Morgan fingerprint density at radius 2 is 1.70 bits per heavy atom. The second-order valence-electron chi connectivity index (χ2n) is 10.2. The van der Waals surface area contributed by atoms with Crippen LogP contribution in [0.2, 0.25) is 0 Å². The van der Waals surface area contributed by atoms with Crippen LogP contribution < -0.4 is 19.7 Å². The number of anilines is 2. The first-order valence-corrected chi connectivity index (χ1v) is 14.0. The van der Waals surface area contributed by atoms with Crippen LogP contribution in [0.3, 0.4) is 0 Å². The Bertz CT molecular complexity index is 1270. The van der Waals surface area contributed by atoms with Crippen molar-refractivity contribution in [2.75, 3.05) is 69.4 Å². The van der Waals surface area contributed by atoms with Gasteiger partial charge in [0.2, 0.25) is 11.8 Å². The van der Waals surface area contributed by atoms with Gasteiger partial charge in [0.1, 0.15) is 11.9 Å². The molecule has 12 heteroatoms. The lowest BCUT2D eigenvalue weighted by Gasteiger charge is -2.31. The van der Waals surface area contributed by atoms with Gasteiger partial charge in [0.15, 0.2) is 12.4 Å². The Labute approximate surface area is 233 Å². The molecule has 0 bridgehead atoms. The standard InChI is InChI=1S/C28H35N7O5/c36-26(35-10-14-38-15-11-35)19-39-22-17-30-28(31-18-22)32-20-3-5-21(6-4-20)40-27-23-2-1-7-29-24(23)16-25(33-27)34-8-12-37-13-9-34/h1-2,7,16-18,20-21H,3-6,8-15,19H2,(H,30,31,32). The maximum atomic E-state index is 12.3. The van der Waals surface area contributed by atoms with Gasteiger partial charge >= 0.3 is 0 Å². The number of amides is 1. The largest absolute Gasteiger partial charge is 0.481 e. The molecule has 3 aromatic heterocycles. The minimum absolute atomic E-state index is 0.0320. The van der Waals surface area contributed by atoms with Crippen LogP contribution in [0.5, 0.6) is 11.6 Å². The van der Waals surface area contributed by atoms with Crippen molar-refractivity contribution in [2.24, 2.45) is 0 Å². The van der Waals surface area contributed by atoms with E-state index in [9.17, 15) is 4.79 Å². The number of ether oxygens (including phenoxy) is 4. The fourth-order valence-electron chi connectivity index (χ4n) is 5.26. The molecule has 2 saturated heterocycles. The number of fused-ring (bicyclic) bond motifs is 1. The molecular weight excluding hydrogens is 514 g/mol. The van der Waals surface area contributed by atoms with Crippen molar-refractivity contribution < 1.29 is 23.7 Å². The van der Waals surface area contributed by atoms with E-state index in [1.807, 2.05) is 18.2 Å². The summed E-state index contributed by atoms with van der Waals surface area (Å²) in [6.45, 7) is 5.31. The van der Waals surface area contributed by atoms with Crippen molar-refractivity contribution in [1.82, 2.24) is 24.8 Å². The number of pyridine rings is 2. The third-order valence-electron chi connectivity index (χ3n) is 7.53. The highest BCUT2D eigenvalue weighted by molar-refractivity contribution is 5.85. The van der Waals surface area contributed by atoms with E-state index in [-0.39, 0.29) is 24.7 Å². The monoisotopic (exact) mass is 549 g/mol. The molecule has 1 amide bonds. The summed E-state index contributed by atoms with van der Waals surface area (Å²) >= 11 is 0. The van der Waals surface area contributed by atoms with Crippen molar-refractivity contribution in [3.63, 3.8) is 0 Å². The number of nitrogens with zero attached hydrogens (tertiary/aromatic N) is 6. The van der Waals surface area contributed by atoms with Gasteiger partial charge in [-0.25, -0.2) is 9.97 Å². The third kappa shape index (κ3) is 6.50. The summed E-state index contributed by atoms with van der Waals surface area (Å²) in [5, 5.41) is 4.36. The number of nitrogens with one attached hydrogen (secondary N) is 1. The highest BCUT2D eigenvalue weighted by Gasteiger charge is 2.25. The van der Waals surface area contributed by atoms with E-state index in [1.165, 1.54) is 0 Å². The number of morpholine rings is 2. The normalized spacial score (nSPS) is 21.7.